The van der Waals surface area contributed by atoms with Gasteiger partial charge in [0, 0.05) is 12.2 Å². The standard InChI is InChI=1S/C12H14O4.C6H10O3/c1-2-12(14)16-9-10(13)8-15-11-6-4-3-5-7-11;1-3-6(8)9-4-5(2)7/h2-7,10,13H,1,8-9H2;3,5,7H,1,4H2,2H3. The molecule has 0 saturated carbocycles. The number of aliphatic hydroxyl groups is 2. The largest absolute Gasteiger partial charge is 0.491 e. The SMILES string of the molecule is C=CC(=O)OCC(C)O.C=CC(=O)OCC(O)COc1ccccc1. The molecule has 2 N–H and O–H groups in total. The number of esters is 2. The van der Waals surface area contributed by atoms with E-state index in [9.17, 15) is 14.7 Å². The number of carbonyl (C=O) groups is 2. The molecule has 0 fully saturated rings. The minimum Gasteiger partial charge on any atom is -0.491 e. The van der Waals surface area contributed by atoms with Crippen LogP contribution in [-0.2, 0) is 19.1 Å². The van der Waals surface area contributed by atoms with E-state index in [2.05, 4.69) is 22.6 Å². The Morgan fingerprint density at radius 3 is 2.00 bits per heavy atom. The van der Waals surface area contributed by atoms with Crippen LogP contribution in [0.25, 0.3) is 0 Å². The Balaban J connectivity index is 0.000000547. The molecule has 0 heterocycles. The average Bonchev–Trinajstić information content (AvgIpc) is 2.63. The predicted molar refractivity (Wildman–Crippen MR) is 91.9 cm³/mol. The zero-order valence-corrected chi connectivity index (χ0v) is 14.2. The Labute approximate surface area is 147 Å². The Kier molecular flexibility index (Phi) is 12.3. The third kappa shape index (κ3) is 13.5. The van der Waals surface area contributed by atoms with E-state index >= 15 is 0 Å². The molecule has 7 nitrogen and oxygen atoms in total. The van der Waals surface area contributed by atoms with E-state index in [0.717, 1.165) is 12.2 Å². The van der Waals surface area contributed by atoms with Crippen molar-refractivity contribution < 1.29 is 34.0 Å². The highest BCUT2D eigenvalue weighted by molar-refractivity contribution is 5.81. The average molecular weight is 352 g/mol. The molecule has 0 aliphatic rings. The van der Waals surface area contributed by atoms with Crippen LogP contribution in [0.15, 0.2) is 55.6 Å². The van der Waals surface area contributed by atoms with E-state index < -0.39 is 24.1 Å². The molecule has 0 amide bonds. The van der Waals surface area contributed by atoms with Gasteiger partial charge in [-0.1, -0.05) is 31.4 Å². The van der Waals surface area contributed by atoms with Gasteiger partial charge in [0.1, 0.15) is 31.7 Å². The van der Waals surface area contributed by atoms with E-state index in [-0.39, 0.29) is 19.8 Å². The van der Waals surface area contributed by atoms with Crippen molar-refractivity contribution in [3.8, 4) is 5.75 Å². The molecule has 1 aromatic carbocycles. The number of aliphatic hydroxyl groups excluding tert-OH is 2. The highest BCUT2D eigenvalue weighted by Crippen LogP contribution is 2.08. The summed E-state index contributed by atoms with van der Waals surface area (Å²) in [5, 5.41) is 18.0. The highest BCUT2D eigenvalue weighted by atomic mass is 16.5. The van der Waals surface area contributed by atoms with E-state index in [1.165, 1.54) is 6.92 Å². The number of benzene rings is 1. The molecule has 0 aromatic heterocycles. The van der Waals surface area contributed by atoms with Crippen LogP contribution in [0, 0.1) is 0 Å². The first kappa shape index (κ1) is 22.4. The van der Waals surface area contributed by atoms with Gasteiger partial charge in [0.2, 0.25) is 0 Å². The first-order valence-corrected chi connectivity index (χ1v) is 7.51. The van der Waals surface area contributed by atoms with Crippen LogP contribution < -0.4 is 4.74 Å². The number of carbonyl (C=O) groups excluding carboxylic acids is 2. The monoisotopic (exact) mass is 352 g/mol. The van der Waals surface area contributed by atoms with Gasteiger partial charge in [0.15, 0.2) is 0 Å². The van der Waals surface area contributed by atoms with Gasteiger partial charge in [-0.15, -0.1) is 0 Å². The summed E-state index contributed by atoms with van der Waals surface area (Å²) in [5.41, 5.74) is 0. The molecule has 2 unspecified atom stereocenters. The Bertz CT molecular complexity index is 525. The number of rotatable bonds is 9. The predicted octanol–water partition coefficient (Wildman–Crippen LogP) is 1.25. The molecule has 0 bridgehead atoms. The Morgan fingerprint density at radius 1 is 1.00 bits per heavy atom. The first-order valence-electron chi connectivity index (χ1n) is 7.51. The fourth-order valence-corrected chi connectivity index (χ4v) is 1.26. The molecule has 1 aromatic rings. The summed E-state index contributed by atoms with van der Waals surface area (Å²) in [4.78, 5) is 21.0. The summed E-state index contributed by atoms with van der Waals surface area (Å²) in [5.74, 6) is -0.397. The fraction of sp³-hybridized carbons (Fsp3) is 0.333. The van der Waals surface area contributed by atoms with Crippen LogP contribution in [0.4, 0.5) is 0 Å². The van der Waals surface area contributed by atoms with E-state index in [1.807, 2.05) is 18.2 Å². The van der Waals surface area contributed by atoms with Gasteiger partial charge < -0.3 is 24.4 Å². The molecule has 2 atom stereocenters. The lowest BCUT2D eigenvalue weighted by molar-refractivity contribution is -0.141. The maximum Gasteiger partial charge on any atom is 0.330 e. The lowest BCUT2D eigenvalue weighted by atomic mass is 10.3. The van der Waals surface area contributed by atoms with Gasteiger partial charge >= 0.3 is 11.9 Å². The van der Waals surface area contributed by atoms with Gasteiger partial charge in [-0.05, 0) is 19.1 Å². The Morgan fingerprint density at radius 2 is 1.52 bits per heavy atom. The quantitative estimate of drug-likeness (QED) is 0.509. The zero-order valence-electron chi connectivity index (χ0n) is 14.2. The van der Waals surface area contributed by atoms with E-state index in [1.54, 1.807) is 12.1 Å². The van der Waals surface area contributed by atoms with Crippen LogP contribution in [0.1, 0.15) is 6.92 Å². The number of para-hydroxylation sites is 1. The maximum atomic E-state index is 10.7. The molecule has 0 radical (unpaired) electrons. The second kappa shape index (κ2) is 13.8. The molecule has 0 aliphatic carbocycles. The van der Waals surface area contributed by atoms with Gasteiger partial charge in [-0.3, -0.25) is 0 Å². The summed E-state index contributed by atoms with van der Waals surface area (Å²) < 4.78 is 14.4. The topological polar surface area (TPSA) is 102 Å². The molecular weight excluding hydrogens is 328 g/mol. The van der Waals surface area contributed by atoms with Gasteiger partial charge in [0.25, 0.3) is 0 Å². The normalized spacial score (nSPS) is 11.8. The molecule has 25 heavy (non-hydrogen) atoms. The smallest absolute Gasteiger partial charge is 0.330 e. The van der Waals surface area contributed by atoms with Gasteiger partial charge in [0.05, 0.1) is 6.10 Å². The lowest BCUT2D eigenvalue weighted by Crippen LogP contribution is -2.24. The van der Waals surface area contributed by atoms with E-state index in [0.29, 0.717) is 5.75 Å². The Hall–Kier alpha value is -2.64. The van der Waals surface area contributed by atoms with Crippen LogP contribution in [-0.4, -0.2) is 54.2 Å². The summed E-state index contributed by atoms with van der Waals surface area (Å²) in [6.07, 6.45) is 0.658. The van der Waals surface area contributed by atoms with Crippen molar-refractivity contribution in [2.75, 3.05) is 19.8 Å². The summed E-state index contributed by atoms with van der Waals surface area (Å²) in [7, 11) is 0. The van der Waals surface area contributed by atoms with Crippen molar-refractivity contribution in [3.05, 3.63) is 55.6 Å². The number of hydrogen-bond acceptors (Lipinski definition) is 7. The van der Waals surface area contributed by atoms with Crippen molar-refractivity contribution in [1.29, 1.82) is 0 Å². The van der Waals surface area contributed by atoms with Crippen molar-refractivity contribution in [1.82, 2.24) is 0 Å². The number of ether oxygens (including phenoxy) is 3. The molecule has 0 aliphatic heterocycles. The zero-order chi connectivity index (χ0) is 19.1. The van der Waals surface area contributed by atoms with E-state index in [4.69, 9.17) is 9.84 Å². The molecule has 7 heteroatoms. The van der Waals surface area contributed by atoms with Crippen LogP contribution in [0.5, 0.6) is 5.75 Å². The summed E-state index contributed by atoms with van der Waals surface area (Å²) in [6, 6.07) is 9.10. The first-order chi connectivity index (χ1) is 11.9. The molecule has 138 valence electrons. The second-order valence-corrected chi connectivity index (χ2v) is 4.80. The molecule has 0 spiro atoms. The van der Waals surface area contributed by atoms with Gasteiger partial charge in [-0.25, -0.2) is 9.59 Å². The maximum absolute atomic E-state index is 10.7. The highest BCUT2D eigenvalue weighted by Gasteiger charge is 2.07. The molecular formula is C18H24O7. The van der Waals surface area contributed by atoms with Crippen molar-refractivity contribution in [2.24, 2.45) is 0 Å². The van der Waals surface area contributed by atoms with Gasteiger partial charge in [-0.2, -0.15) is 0 Å². The minimum absolute atomic E-state index is 0.0326. The van der Waals surface area contributed by atoms with Crippen LogP contribution in [0.3, 0.4) is 0 Å². The van der Waals surface area contributed by atoms with Crippen LogP contribution in [0.2, 0.25) is 0 Å². The fourth-order valence-electron chi connectivity index (χ4n) is 1.26. The summed E-state index contributed by atoms with van der Waals surface area (Å²) >= 11 is 0. The van der Waals surface area contributed by atoms with Crippen molar-refractivity contribution >= 4 is 11.9 Å². The molecule has 0 saturated heterocycles. The van der Waals surface area contributed by atoms with Crippen molar-refractivity contribution in [3.63, 3.8) is 0 Å². The minimum atomic E-state index is -0.843. The van der Waals surface area contributed by atoms with Crippen LogP contribution >= 0.6 is 0 Å². The number of hydrogen-bond donors (Lipinski definition) is 2. The second-order valence-electron chi connectivity index (χ2n) is 4.80. The third-order valence-corrected chi connectivity index (χ3v) is 2.40. The summed E-state index contributed by atoms with van der Waals surface area (Å²) in [6.45, 7) is 7.98. The molecule has 1 rings (SSSR count). The third-order valence-electron chi connectivity index (χ3n) is 2.40. The van der Waals surface area contributed by atoms with Crippen molar-refractivity contribution in [2.45, 2.75) is 19.1 Å². The lowest BCUT2D eigenvalue weighted by Gasteiger charge is -2.11.